The lowest BCUT2D eigenvalue weighted by molar-refractivity contribution is -0.133. The van der Waals surface area contributed by atoms with Gasteiger partial charge in [-0.15, -0.1) is 0 Å². The van der Waals surface area contributed by atoms with Crippen molar-refractivity contribution in [2.45, 2.75) is 32.2 Å². The van der Waals surface area contributed by atoms with Gasteiger partial charge < -0.3 is 15.1 Å². The van der Waals surface area contributed by atoms with Gasteiger partial charge >= 0.3 is 0 Å². The van der Waals surface area contributed by atoms with Crippen molar-refractivity contribution in [2.75, 3.05) is 33.7 Å². The first-order valence-electron chi connectivity index (χ1n) is 6.23. The molecule has 0 aliphatic carbocycles. The Morgan fingerprint density at radius 2 is 2.06 bits per heavy atom. The van der Waals surface area contributed by atoms with Crippen LogP contribution in [0.25, 0.3) is 0 Å². The van der Waals surface area contributed by atoms with Gasteiger partial charge in [-0.05, 0) is 40.4 Å². The Bertz CT molecular complexity index is 279. The number of nitrogens with one attached hydrogen (secondary N) is 1. The quantitative estimate of drug-likeness (QED) is 0.693. The van der Waals surface area contributed by atoms with Crippen LogP contribution < -0.4 is 5.32 Å². The van der Waals surface area contributed by atoms with Crippen molar-refractivity contribution in [3.8, 4) is 0 Å². The second-order valence-corrected chi connectivity index (χ2v) is 4.87. The van der Waals surface area contributed by atoms with E-state index in [4.69, 9.17) is 0 Å². The maximum Gasteiger partial charge on any atom is 0.244 e. The maximum absolute atomic E-state index is 11.9. The van der Waals surface area contributed by atoms with Crippen molar-refractivity contribution in [3.05, 3.63) is 0 Å². The van der Waals surface area contributed by atoms with Crippen molar-refractivity contribution >= 4 is 11.8 Å². The van der Waals surface area contributed by atoms with Crippen LogP contribution in [0.5, 0.6) is 0 Å². The summed E-state index contributed by atoms with van der Waals surface area (Å²) in [6.45, 7) is 4.09. The molecule has 0 aromatic rings. The van der Waals surface area contributed by atoms with Gasteiger partial charge in [-0.3, -0.25) is 9.59 Å². The van der Waals surface area contributed by atoms with Crippen molar-refractivity contribution in [3.63, 3.8) is 0 Å². The summed E-state index contributed by atoms with van der Waals surface area (Å²) >= 11 is 0. The van der Waals surface area contributed by atoms with Gasteiger partial charge in [0.25, 0.3) is 0 Å². The minimum Gasteiger partial charge on any atom is -0.345 e. The molecule has 1 heterocycles. The number of carbonyl (C=O) groups excluding carboxylic acids is 2. The van der Waals surface area contributed by atoms with E-state index in [1.807, 2.05) is 14.1 Å². The first-order valence-corrected chi connectivity index (χ1v) is 6.23. The molecule has 0 radical (unpaired) electrons. The predicted molar refractivity (Wildman–Crippen MR) is 66.6 cm³/mol. The van der Waals surface area contributed by atoms with Crippen LogP contribution in [0.2, 0.25) is 0 Å². The van der Waals surface area contributed by atoms with Gasteiger partial charge in [-0.2, -0.15) is 0 Å². The number of carbonyl (C=O) groups is 2. The molecule has 0 bridgehead atoms. The highest BCUT2D eigenvalue weighted by molar-refractivity contribution is 5.89. The lowest BCUT2D eigenvalue weighted by Crippen LogP contribution is -2.43. The molecule has 1 rings (SSSR count). The Labute approximate surface area is 103 Å². The third-order valence-electron chi connectivity index (χ3n) is 2.95. The van der Waals surface area contributed by atoms with E-state index in [1.54, 1.807) is 11.8 Å². The average molecular weight is 241 g/mol. The lowest BCUT2D eigenvalue weighted by atomic mass is 10.2. The van der Waals surface area contributed by atoms with E-state index in [0.717, 1.165) is 25.9 Å². The normalized spacial score (nSPS) is 21.6. The zero-order valence-corrected chi connectivity index (χ0v) is 11.0. The van der Waals surface area contributed by atoms with Crippen LogP contribution >= 0.6 is 0 Å². The molecule has 0 aromatic heterocycles. The molecule has 1 aliphatic rings. The summed E-state index contributed by atoms with van der Waals surface area (Å²) in [5.74, 6) is 0.0161. The Morgan fingerprint density at radius 3 is 2.71 bits per heavy atom. The zero-order valence-electron chi connectivity index (χ0n) is 11.0. The van der Waals surface area contributed by atoms with Gasteiger partial charge in [0.2, 0.25) is 11.8 Å². The van der Waals surface area contributed by atoms with Crippen LogP contribution in [0.4, 0.5) is 0 Å². The van der Waals surface area contributed by atoms with Crippen molar-refractivity contribution in [2.24, 2.45) is 0 Å². The Morgan fingerprint density at radius 1 is 1.35 bits per heavy atom. The van der Waals surface area contributed by atoms with E-state index in [1.165, 1.54) is 0 Å². The van der Waals surface area contributed by atoms with E-state index in [9.17, 15) is 9.59 Å². The molecule has 5 heteroatoms. The molecular formula is C12H23N3O2. The topological polar surface area (TPSA) is 52.7 Å². The summed E-state index contributed by atoms with van der Waals surface area (Å²) in [5.41, 5.74) is 0. The summed E-state index contributed by atoms with van der Waals surface area (Å²) in [7, 11) is 4.09. The molecule has 1 aliphatic heterocycles. The van der Waals surface area contributed by atoms with Crippen LogP contribution in [0.1, 0.15) is 26.2 Å². The van der Waals surface area contributed by atoms with Gasteiger partial charge in [-0.25, -0.2) is 0 Å². The van der Waals surface area contributed by atoms with Gasteiger partial charge in [0, 0.05) is 19.5 Å². The maximum atomic E-state index is 11.9. The number of rotatable bonds is 5. The van der Waals surface area contributed by atoms with Crippen LogP contribution in [0, 0.1) is 0 Å². The first kappa shape index (κ1) is 14.0. The fourth-order valence-electron chi connectivity index (χ4n) is 1.95. The van der Waals surface area contributed by atoms with Crippen molar-refractivity contribution in [1.82, 2.24) is 15.1 Å². The molecule has 1 saturated heterocycles. The van der Waals surface area contributed by atoms with Crippen molar-refractivity contribution < 1.29 is 9.59 Å². The molecule has 1 N–H and O–H groups in total. The minimum atomic E-state index is -0.376. The van der Waals surface area contributed by atoms with Gasteiger partial charge in [0.1, 0.15) is 6.04 Å². The van der Waals surface area contributed by atoms with Crippen LogP contribution in [0.15, 0.2) is 0 Å². The minimum absolute atomic E-state index is 0.0263. The number of hydrogen-bond acceptors (Lipinski definition) is 3. The fourth-order valence-corrected chi connectivity index (χ4v) is 1.95. The Kier molecular flexibility index (Phi) is 5.41. The molecule has 1 unspecified atom stereocenters. The van der Waals surface area contributed by atoms with Crippen LogP contribution in [-0.2, 0) is 9.59 Å². The summed E-state index contributed by atoms with van der Waals surface area (Å²) < 4.78 is 0. The number of unbranched alkanes of at least 4 members (excludes halogenated alkanes) is 1. The van der Waals surface area contributed by atoms with E-state index < -0.39 is 0 Å². The summed E-state index contributed by atoms with van der Waals surface area (Å²) in [5, 5.41) is 2.69. The van der Waals surface area contributed by atoms with Crippen LogP contribution in [-0.4, -0.2) is 61.4 Å². The summed E-state index contributed by atoms with van der Waals surface area (Å²) in [4.78, 5) is 27.2. The van der Waals surface area contributed by atoms with E-state index in [0.29, 0.717) is 13.0 Å². The smallest absolute Gasteiger partial charge is 0.244 e. The summed E-state index contributed by atoms with van der Waals surface area (Å²) in [6, 6.07) is -0.376. The number of nitrogens with zero attached hydrogens (tertiary/aromatic N) is 2. The van der Waals surface area contributed by atoms with Gasteiger partial charge in [-0.1, -0.05) is 0 Å². The van der Waals surface area contributed by atoms with E-state index >= 15 is 0 Å². The van der Waals surface area contributed by atoms with Gasteiger partial charge in [0.15, 0.2) is 0 Å². The molecule has 0 aromatic carbocycles. The Hall–Kier alpha value is -1.10. The zero-order chi connectivity index (χ0) is 12.8. The molecular weight excluding hydrogens is 218 g/mol. The molecule has 1 fully saturated rings. The standard InChI is InChI=1S/C12H23N3O2/c1-10-12(17)15(9-6-11(16)13-10)8-5-4-7-14(2)3/h10H,4-9H2,1-3H3,(H,13,16). The average Bonchev–Trinajstić information content (AvgIpc) is 2.36. The van der Waals surface area contributed by atoms with Crippen molar-refractivity contribution in [1.29, 1.82) is 0 Å². The number of amides is 2. The van der Waals surface area contributed by atoms with Crippen LogP contribution in [0.3, 0.4) is 0 Å². The van der Waals surface area contributed by atoms with E-state index in [2.05, 4.69) is 10.2 Å². The monoisotopic (exact) mass is 241 g/mol. The van der Waals surface area contributed by atoms with Gasteiger partial charge in [0.05, 0.1) is 0 Å². The third-order valence-corrected chi connectivity index (χ3v) is 2.95. The molecule has 0 spiro atoms. The third kappa shape index (κ3) is 4.73. The second-order valence-electron chi connectivity index (χ2n) is 4.87. The SMILES string of the molecule is CC1NC(=O)CCN(CCCCN(C)C)C1=O. The highest BCUT2D eigenvalue weighted by Crippen LogP contribution is 2.05. The Balaban J connectivity index is 2.35. The fraction of sp³-hybridized carbons (Fsp3) is 0.833. The second kappa shape index (κ2) is 6.59. The lowest BCUT2D eigenvalue weighted by Gasteiger charge is -2.22. The molecule has 0 saturated carbocycles. The van der Waals surface area contributed by atoms with E-state index in [-0.39, 0.29) is 17.9 Å². The molecule has 2 amide bonds. The summed E-state index contributed by atoms with van der Waals surface area (Å²) in [6.07, 6.45) is 2.49. The highest BCUT2D eigenvalue weighted by atomic mass is 16.2. The molecule has 1 atom stereocenters. The molecule has 98 valence electrons. The number of hydrogen-bond donors (Lipinski definition) is 1. The largest absolute Gasteiger partial charge is 0.345 e. The first-order chi connectivity index (χ1) is 8.00. The molecule has 17 heavy (non-hydrogen) atoms. The molecule has 5 nitrogen and oxygen atoms in total. The predicted octanol–water partition coefficient (Wildman–Crippen LogP) is 0.0652. The highest BCUT2D eigenvalue weighted by Gasteiger charge is 2.25.